The van der Waals surface area contributed by atoms with E-state index in [-0.39, 0.29) is 0 Å². The number of pyridine rings is 1. The standard InChI is InChI=1S/C7H7N3S/c8-5-1-4-2-6(9)11-7(4)10-3-5/h1-3H,8-9H2. The summed E-state index contributed by atoms with van der Waals surface area (Å²) < 4.78 is 0. The smallest absolute Gasteiger partial charge is 0.125 e. The molecule has 0 aliphatic carbocycles. The van der Waals surface area contributed by atoms with Crippen LogP contribution >= 0.6 is 11.3 Å². The molecule has 0 atom stereocenters. The molecule has 2 heterocycles. The van der Waals surface area contributed by atoms with E-state index in [1.807, 2.05) is 12.1 Å². The van der Waals surface area contributed by atoms with Gasteiger partial charge in [-0.15, -0.1) is 0 Å². The minimum atomic E-state index is 0.676. The molecule has 0 aromatic carbocycles. The molecule has 0 radical (unpaired) electrons. The Morgan fingerprint density at radius 3 is 2.91 bits per heavy atom. The van der Waals surface area contributed by atoms with Gasteiger partial charge in [0.05, 0.1) is 16.9 Å². The van der Waals surface area contributed by atoms with E-state index in [0.717, 1.165) is 15.2 Å². The first-order chi connectivity index (χ1) is 5.25. The Morgan fingerprint density at radius 1 is 1.27 bits per heavy atom. The number of hydrogen-bond acceptors (Lipinski definition) is 4. The second-order valence-electron chi connectivity index (χ2n) is 2.31. The lowest BCUT2D eigenvalue weighted by Crippen LogP contribution is -1.83. The van der Waals surface area contributed by atoms with E-state index < -0.39 is 0 Å². The van der Waals surface area contributed by atoms with E-state index >= 15 is 0 Å². The van der Waals surface area contributed by atoms with Crippen LogP contribution in [-0.4, -0.2) is 4.98 Å². The van der Waals surface area contributed by atoms with Crippen molar-refractivity contribution >= 4 is 32.2 Å². The Hall–Kier alpha value is -1.29. The molecular weight excluding hydrogens is 158 g/mol. The van der Waals surface area contributed by atoms with Gasteiger partial charge in [0.1, 0.15) is 4.83 Å². The first kappa shape index (κ1) is 6.42. The van der Waals surface area contributed by atoms with Crippen molar-refractivity contribution in [3.63, 3.8) is 0 Å². The third-order valence-corrected chi connectivity index (χ3v) is 2.30. The molecule has 0 unspecified atom stereocenters. The highest BCUT2D eigenvalue weighted by molar-refractivity contribution is 7.22. The molecule has 0 aliphatic heterocycles. The third-order valence-electron chi connectivity index (χ3n) is 1.41. The number of nitrogens with zero attached hydrogens (tertiary/aromatic N) is 1. The number of rotatable bonds is 0. The number of anilines is 2. The van der Waals surface area contributed by atoms with Gasteiger partial charge in [-0.2, -0.15) is 0 Å². The summed E-state index contributed by atoms with van der Waals surface area (Å²) in [4.78, 5) is 5.06. The maximum Gasteiger partial charge on any atom is 0.125 e. The van der Waals surface area contributed by atoms with Gasteiger partial charge in [0.2, 0.25) is 0 Å². The summed E-state index contributed by atoms with van der Waals surface area (Å²) in [6.45, 7) is 0. The van der Waals surface area contributed by atoms with Gasteiger partial charge in [-0.25, -0.2) is 4.98 Å². The average Bonchev–Trinajstić information content (AvgIpc) is 2.27. The van der Waals surface area contributed by atoms with Crippen LogP contribution in [0.1, 0.15) is 0 Å². The van der Waals surface area contributed by atoms with Gasteiger partial charge in [0, 0.05) is 5.39 Å². The minimum absolute atomic E-state index is 0.676. The predicted octanol–water partition coefficient (Wildman–Crippen LogP) is 1.46. The van der Waals surface area contributed by atoms with Gasteiger partial charge in [0.15, 0.2) is 0 Å². The van der Waals surface area contributed by atoms with Gasteiger partial charge < -0.3 is 11.5 Å². The SMILES string of the molecule is Nc1cnc2sc(N)cc2c1. The summed E-state index contributed by atoms with van der Waals surface area (Å²) in [7, 11) is 0. The van der Waals surface area contributed by atoms with Crippen LogP contribution in [0, 0.1) is 0 Å². The molecule has 0 amide bonds. The van der Waals surface area contributed by atoms with E-state index in [1.54, 1.807) is 6.20 Å². The van der Waals surface area contributed by atoms with Crippen LogP contribution in [0.5, 0.6) is 0 Å². The molecule has 0 spiro atoms. The Labute approximate surface area is 67.7 Å². The molecule has 0 saturated carbocycles. The van der Waals surface area contributed by atoms with Crippen LogP contribution in [0.25, 0.3) is 10.2 Å². The van der Waals surface area contributed by atoms with E-state index in [9.17, 15) is 0 Å². The molecule has 56 valence electrons. The van der Waals surface area contributed by atoms with Crippen LogP contribution in [0.4, 0.5) is 10.7 Å². The van der Waals surface area contributed by atoms with Crippen molar-refractivity contribution in [3.8, 4) is 0 Å². The number of thiophene rings is 1. The molecule has 4 N–H and O–H groups in total. The van der Waals surface area contributed by atoms with E-state index in [4.69, 9.17) is 11.5 Å². The molecule has 0 bridgehead atoms. The molecule has 11 heavy (non-hydrogen) atoms. The van der Waals surface area contributed by atoms with Crippen molar-refractivity contribution in [2.24, 2.45) is 0 Å². The summed E-state index contributed by atoms with van der Waals surface area (Å²) in [5.41, 5.74) is 11.8. The zero-order valence-corrected chi connectivity index (χ0v) is 6.56. The lowest BCUT2D eigenvalue weighted by molar-refractivity contribution is 1.45. The summed E-state index contributed by atoms with van der Waals surface area (Å²) in [6, 6.07) is 3.75. The number of nitrogens with two attached hydrogens (primary N) is 2. The van der Waals surface area contributed by atoms with Gasteiger partial charge in [-0.3, -0.25) is 0 Å². The normalized spacial score (nSPS) is 10.5. The predicted molar refractivity (Wildman–Crippen MR) is 48.4 cm³/mol. The summed E-state index contributed by atoms with van der Waals surface area (Å²) in [5.74, 6) is 0. The van der Waals surface area contributed by atoms with Gasteiger partial charge >= 0.3 is 0 Å². The summed E-state index contributed by atoms with van der Waals surface area (Å²) in [5, 5.41) is 1.80. The van der Waals surface area contributed by atoms with Gasteiger partial charge in [-0.1, -0.05) is 11.3 Å². The van der Waals surface area contributed by atoms with Crippen LogP contribution in [-0.2, 0) is 0 Å². The minimum Gasteiger partial charge on any atom is -0.397 e. The number of nitrogen functional groups attached to an aromatic ring is 2. The monoisotopic (exact) mass is 165 g/mol. The van der Waals surface area contributed by atoms with Crippen molar-refractivity contribution in [2.45, 2.75) is 0 Å². The Bertz CT molecular complexity index is 393. The summed E-state index contributed by atoms with van der Waals surface area (Å²) >= 11 is 1.47. The highest BCUT2D eigenvalue weighted by Gasteiger charge is 1.98. The fourth-order valence-corrected chi connectivity index (χ4v) is 1.72. The van der Waals surface area contributed by atoms with Crippen molar-refractivity contribution in [1.29, 1.82) is 0 Å². The topological polar surface area (TPSA) is 64.9 Å². The zero-order valence-electron chi connectivity index (χ0n) is 5.74. The Kier molecular flexibility index (Phi) is 1.22. The fraction of sp³-hybridized carbons (Fsp3) is 0. The third kappa shape index (κ3) is 1.01. The lowest BCUT2D eigenvalue weighted by atomic mass is 10.3. The molecule has 0 saturated heterocycles. The van der Waals surface area contributed by atoms with Gasteiger partial charge in [0.25, 0.3) is 0 Å². The molecular formula is C7H7N3S. The largest absolute Gasteiger partial charge is 0.397 e. The quantitative estimate of drug-likeness (QED) is 0.621. The molecule has 0 fully saturated rings. The first-order valence-electron chi connectivity index (χ1n) is 3.16. The van der Waals surface area contributed by atoms with E-state index in [0.29, 0.717) is 5.69 Å². The molecule has 3 nitrogen and oxygen atoms in total. The molecule has 0 aliphatic rings. The second-order valence-corrected chi connectivity index (χ2v) is 3.37. The van der Waals surface area contributed by atoms with Crippen LogP contribution in [0.3, 0.4) is 0 Å². The lowest BCUT2D eigenvalue weighted by Gasteiger charge is -1.89. The number of fused-ring (bicyclic) bond motifs is 1. The van der Waals surface area contributed by atoms with Crippen molar-refractivity contribution in [3.05, 3.63) is 18.3 Å². The van der Waals surface area contributed by atoms with Crippen molar-refractivity contribution in [2.75, 3.05) is 11.5 Å². The average molecular weight is 165 g/mol. The van der Waals surface area contributed by atoms with E-state index in [1.165, 1.54) is 11.3 Å². The van der Waals surface area contributed by atoms with Crippen LogP contribution in [0.2, 0.25) is 0 Å². The second kappa shape index (κ2) is 2.10. The molecule has 2 aromatic rings. The fourth-order valence-electron chi connectivity index (χ4n) is 0.969. The van der Waals surface area contributed by atoms with E-state index in [2.05, 4.69) is 4.98 Å². The molecule has 4 heteroatoms. The maximum atomic E-state index is 5.58. The van der Waals surface area contributed by atoms with Crippen LogP contribution < -0.4 is 11.5 Å². The summed E-state index contributed by atoms with van der Waals surface area (Å²) in [6.07, 6.45) is 1.64. The number of hydrogen-bond donors (Lipinski definition) is 2. The molecule has 2 aromatic heterocycles. The highest BCUT2D eigenvalue weighted by atomic mass is 32.1. The van der Waals surface area contributed by atoms with Gasteiger partial charge in [-0.05, 0) is 12.1 Å². The number of aromatic nitrogens is 1. The highest BCUT2D eigenvalue weighted by Crippen LogP contribution is 2.26. The van der Waals surface area contributed by atoms with Crippen molar-refractivity contribution in [1.82, 2.24) is 4.98 Å². The van der Waals surface area contributed by atoms with Crippen LogP contribution in [0.15, 0.2) is 18.3 Å². The maximum absolute atomic E-state index is 5.58. The first-order valence-corrected chi connectivity index (χ1v) is 3.98. The molecule has 2 rings (SSSR count). The Balaban J connectivity index is 2.82. The van der Waals surface area contributed by atoms with Crippen molar-refractivity contribution < 1.29 is 0 Å². The Morgan fingerprint density at radius 2 is 2.09 bits per heavy atom. The zero-order chi connectivity index (χ0) is 7.84.